The average molecular weight is 352 g/mol. The summed E-state index contributed by atoms with van der Waals surface area (Å²) < 4.78 is 0.942. The second-order valence-electron chi connectivity index (χ2n) is 6.14. The number of benzene rings is 1. The van der Waals surface area contributed by atoms with Gasteiger partial charge in [-0.05, 0) is 43.0 Å². The fourth-order valence-corrected chi connectivity index (χ4v) is 3.56. The topological polar surface area (TPSA) is 41.8 Å². The molecule has 1 atom stereocenters. The largest absolute Gasteiger partial charge is 0.324 e. The number of anilines is 1. The number of piperidine rings is 1. The van der Waals surface area contributed by atoms with E-state index in [0.717, 1.165) is 36.3 Å². The number of halogens is 1. The Morgan fingerprint density at radius 2 is 1.76 bits per heavy atom. The van der Waals surface area contributed by atoms with Crippen molar-refractivity contribution >= 4 is 33.4 Å². The lowest BCUT2D eigenvalue weighted by Gasteiger charge is -2.30. The van der Waals surface area contributed by atoms with E-state index in [1.165, 1.54) is 9.80 Å². The first-order valence-electron chi connectivity index (χ1n) is 7.53. The zero-order valence-corrected chi connectivity index (χ0v) is 13.7. The average Bonchev–Trinajstić information content (AvgIpc) is 2.76. The van der Waals surface area contributed by atoms with Crippen LogP contribution in [0.4, 0.5) is 5.69 Å². The molecule has 4 nitrogen and oxygen atoms in total. The molecular formula is C16H20BrN2O2+. The van der Waals surface area contributed by atoms with Gasteiger partial charge in [-0.1, -0.05) is 22.9 Å². The summed E-state index contributed by atoms with van der Waals surface area (Å²) >= 11 is 3.37. The number of hydrogen-bond donors (Lipinski definition) is 1. The van der Waals surface area contributed by atoms with Crippen molar-refractivity contribution in [2.75, 3.05) is 18.0 Å². The molecule has 21 heavy (non-hydrogen) atoms. The SMILES string of the molecule is CC1CC[NH+](C2CC(=O)N(c3ccc(Br)cc3)C2=O)CC1. The van der Waals surface area contributed by atoms with Gasteiger partial charge in [0.1, 0.15) is 0 Å². The summed E-state index contributed by atoms with van der Waals surface area (Å²) in [7, 11) is 0. The maximum absolute atomic E-state index is 12.7. The quantitative estimate of drug-likeness (QED) is 0.818. The molecule has 1 aromatic carbocycles. The minimum atomic E-state index is -0.186. The van der Waals surface area contributed by atoms with Gasteiger partial charge in [0.05, 0.1) is 25.2 Å². The van der Waals surface area contributed by atoms with Crippen molar-refractivity contribution in [1.82, 2.24) is 0 Å². The summed E-state index contributed by atoms with van der Waals surface area (Å²) in [6.07, 6.45) is 2.63. The molecule has 2 aliphatic rings. The molecule has 1 aromatic rings. The summed E-state index contributed by atoms with van der Waals surface area (Å²) in [5.41, 5.74) is 0.681. The molecule has 2 amide bonds. The third-order valence-corrected chi connectivity index (χ3v) is 5.17. The van der Waals surface area contributed by atoms with Gasteiger partial charge in [0.25, 0.3) is 5.91 Å². The van der Waals surface area contributed by atoms with Crippen LogP contribution in [0, 0.1) is 5.92 Å². The third kappa shape index (κ3) is 2.90. The maximum atomic E-state index is 12.7. The lowest BCUT2D eigenvalue weighted by Crippen LogP contribution is -3.17. The van der Waals surface area contributed by atoms with Crippen molar-refractivity contribution in [3.8, 4) is 0 Å². The molecule has 0 radical (unpaired) electrons. The Kier molecular flexibility index (Phi) is 4.13. The van der Waals surface area contributed by atoms with E-state index in [0.29, 0.717) is 12.1 Å². The molecule has 0 saturated carbocycles. The van der Waals surface area contributed by atoms with E-state index in [2.05, 4.69) is 22.9 Å². The number of likely N-dealkylation sites (tertiary alicyclic amines) is 1. The van der Waals surface area contributed by atoms with Crippen molar-refractivity contribution in [2.45, 2.75) is 32.2 Å². The highest BCUT2D eigenvalue weighted by molar-refractivity contribution is 9.10. The lowest BCUT2D eigenvalue weighted by molar-refractivity contribution is -0.920. The molecule has 2 heterocycles. The van der Waals surface area contributed by atoms with E-state index < -0.39 is 0 Å². The number of carbonyl (C=O) groups excluding carboxylic acids is 2. The number of rotatable bonds is 2. The van der Waals surface area contributed by atoms with Gasteiger partial charge in [0.15, 0.2) is 6.04 Å². The molecular weight excluding hydrogens is 332 g/mol. The van der Waals surface area contributed by atoms with Gasteiger partial charge < -0.3 is 4.90 Å². The summed E-state index contributed by atoms with van der Waals surface area (Å²) in [6, 6.07) is 7.16. The number of hydrogen-bond acceptors (Lipinski definition) is 2. The molecule has 0 aliphatic carbocycles. The zero-order valence-electron chi connectivity index (χ0n) is 12.1. The summed E-state index contributed by atoms with van der Waals surface area (Å²) in [5.74, 6) is 0.633. The van der Waals surface area contributed by atoms with Gasteiger partial charge >= 0.3 is 0 Å². The molecule has 112 valence electrons. The zero-order chi connectivity index (χ0) is 15.0. The van der Waals surface area contributed by atoms with E-state index in [1.807, 2.05) is 24.3 Å². The van der Waals surface area contributed by atoms with Crippen LogP contribution in [0.15, 0.2) is 28.7 Å². The first-order valence-corrected chi connectivity index (χ1v) is 8.32. The Morgan fingerprint density at radius 3 is 2.38 bits per heavy atom. The minimum absolute atomic E-state index is 0.0353. The second-order valence-corrected chi connectivity index (χ2v) is 7.06. The van der Waals surface area contributed by atoms with Crippen molar-refractivity contribution < 1.29 is 14.5 Å². The number of quaternary nitrogens is 1. The van der Waals surface area contributed by atoms with Gasteiger partial charge in [-0.3, -0.25) is 9.59 Å². The second kappa shape index (κ2) is 5.89. The van der Waals surface area contributed by atoms with Gasteiger partial charge in [-0.25, -0.2) is 4.90 Å². The van der Waals surface area contributed by atoms with Crippen LogP contribution in [0.1, 0.15) is 26.2 Å². The number of nitrogens with zero attached hydrogens (tertiary/aromatic N) is 1. The molecule has 2 saturated heterocycles. The van der Waals surface area contributed by atoms with Gasteiger partial charge in [0.2, 0.25) is 5.91 Å². The van der Waals surface area contributed by atoms with Crippen LogP contribution in [-0.2, 0) is 9.59 Å². The smallest absolute Gasteiger partial charge is 0.292 e. The van der Waals surface area contributed by atoms with Gasteiger partial charge in [0, 0.05) is 4.47 Å². The van der Waals surface area contributed by atoms with Crippen LogP contribution >= 0.6 is 15.9 Å². The Bertz CT molecular complexity index is 550. The predicted molar refractivity (Wildman–Crippen MR) is 84.1 cm³/mol. The normalized spacial score (nSPS) is 30.0. The molecule has 1 unspecified atom stereocenters. The molecule has 2 fully saturated rings. The Labute approximate surface area is 133 Å². The standard InChI is InChI=1S/C16H19BrN2O2/c1-11-6-8-18(9-7-11)14-10-15(20)19(16(14)21)13-4-2-12(17)3-5-13/h2-5,11,14H,6-10H2,1H3/p+1. The highest BCUT2D eigenvalue weighted by Crippen LogP contribution is 2.24. The van der Waals surface area contributed by atoms with E-state index in [1.54, 1.807) is 0 Å². The first-order chi connectivity index (χ1) is 10.1. The molecule has 2 aliphatic heterocycles. The van der Waals surface area contributed by atoms with Crippen LogP contribution in [0.2, 0.25) is 0 Å². The van der Waals surface area contributed by atoms with Crippen LogP contribution in [-0.4, -0.2) is 30.9 Å². The molecule has 0 aromatic heterocycles. The fraction of sp³-hybridized carbons (Fsp3) is 0.500. The maximum Gasteiger partial charge on any atom is 0.292 e. The lowest BCUT2D eigenvalue weighted by atomic mass is 9.97. The highest BCUT2D eigenvalue weighted by atomic mass is 79.9. The third-order valence-electron chi connectivity index (χ3n) is 4.64. The number of imide groups is 1. The van der Waals surface area contributed by atoms with Crippen molar-refractivity contribution in [3.63, 3.8) is 0 Å². The Balaban J connectivity index is 1.77. The molecule has 5 heteroatoms. The summed E-state index contributed by atoms with van der Waals surface area (Å²) in [5, 5.41) is 0. The Morgan fingerprint density at radius 1 is 1.14 bits per heavy atom. The number of amides is 2. The fourth-order valence-electron chi connectivity index (χ4n) is 3.29. The summed E-state index contributed by atoms with van der Waals surface area (Å²) in [6.45, 7) is 4.25. The van der Waals surface area contributed by atoms with Crippen LogP contribution in [0.25, 0.3) is 0 Å². The van der Waals surface area contributed by atoms with E-state index in [4.69, 9.17) is 0 Å². The Hall–Kier alpha value is -1.20. The molecule has 0 bridgehead atoms. The van der Waals surface area contributed by atoms with Gasteiger partial charge in [-0.15, -0.1) is 0 Å². The molecule has 1 N–H and O–H groups in total. The van der Waals surface area contributed by atoms with Crippen LogP contribution in [0.5, 0.6) is 0 Å². The highest BCUT2D eigenvalue weighted by Gasteiger charge is 2.46. The van der Waals surface area contributed by atoms with Crippen molar-refractivity contribution in [1.29, 1.82) is 0 Å². The minimum Gasteiger partial charge on any atom is -0.324 e. The van der Waals surface area contributed by atoms with E-state index in [-0.39, 0.29) is 17.9 Å². The first kappa shape index (κ1) is 14.7. The van der Waals surface area contributed by atoms with Crippen LogP contribution in [0.3, 0.4) is 0 Å². The van der Waals surface area contributed by atoms with Crippen LogP contribution < -0.4 is 9.80 Å². The van der Waals surface area contributed by atoms with Crippen molar-refractivity contribution in [3.05, 3.63) is 28.7 Å². The number of carbonyl (C=O) groups is 2. The van der Waals surface area contributed by atoms with Crippen molar-refractivity contribution in [2.24, 2.45) is 5.92 Å². The predicted octanol–water partition coefficient (Wildman–Crippen LogP) is 1.40. The summed E-state index contributed by atoms with van der Waals surface area (Å²) in [4.78, 5) is 27.6. The number of nitrogens with one attached hydrogen (secondary N) is 1. The molecule has 0 spiro atoms. The molecule has 3 rings (SSSR count). The van der Waals surface area contributed by atoms with E-state index in [9.17, 15) is 9.59 Å². The monoisotopic (exact) mass is 351 g/mol. The van der Waals surface area contributed by atoms with E-state index >= 15 is 0 Å². The van der Waals surface area contributed by atoms with Gasteiger partial charge in [-0.2, -0.15) is 0 Å².